The van der Waals surface area contributed by atoms with Gasteiger partial charge >= 0.3 is 0 Å². The van der Waals surface area contributed by atoms with Crippen LogP contribution in [0.3, 0.4) is 0 Å². The summed E-state index contributed by atoms with van der Waals surface area (Å²) in [6, 6.07) is 24.6. The van der Waals surface area contributed by atoms with E-state index in [9.17, 15) is 4.79 Å². The minimum absolute atomic E-state index is 0. The van der Waals surface area contributed by atoms with Crippen LogP contribution < -0.4 is 14.8 Å². The first kappa shape index (κ1) is 29.0. The number of nitrogens with zero attached hydrogens (tertiary/aromatic N) is 1. The quantitative estimate of drug-likeness (QED) is 0.285. The van der Waals surface area contributed by atoms with Crippen molar-refractivity contribution in [1.29, 1.82) is 0 Å². The Morgan fingerprint density at radius 3 is 2.14 bits per heavy atom. The molecule has 0 heterocycles. The molecule has 0 unspecified atom stereocenters. The minimum Gasteiger partial charge on any atom is -0.493 e. The Labute approximate surface area is 221 Å². The van der Waals surface area contributed by atoms with E-state index in [-0.39, 0.29) is 18.3 Å². The number of benzene rings is 3. The van der Waals surface area contributed by atoms with E-state index in [0.717, 1.165) is 17.7 Å². The molecule has 0 aliphatic carbocycles. The van der Waals surface area contributed by atoms with Gasteiger partial charge in [0.25, 0.3) is 0 Å². The van der Waals surface area contributed by atoms with E-state index in [0.29, 0.717) is 35.9 Å². The van der Waals surface area contributed by atoms with E-state index in [4.69, 9.17) is 9.47 Å². The van der Waals surface area contributed by atoms with Gasteiger partial charge in [0.2, 0.25) is 5.91 Å². The zero-order valence-electron chi connectivity index (χ0n) is 21.7. The number of carbonyl (C=O) groups excluding carboxylic acids is 1. The van der Waals surface area contributed by atoms with E-state index in [1.807, 2.05) is 42.5 Å². The lowest BCUT2D eigenvalue weighted by Gasteiger charge is -2.30. The second-order valence-electron chi connectivity index (χ2n) is 8.95. The summed E-state index contributed by atoms with van der Waals surface area (Å²) in [5.41, 5.74) is 3.91. The predicted molar refractivity (Wildman–Crippen MR) is 152 cm³/mol. The Hall–Kier alpha value is -3.28. The Morgan fingerprint density at radius 1 is 0.889 bits per heavy atom. The molecule has 3 aromatic carbocycles. The third-order valence-corrected chi connectivity index (χ3v) is 5.81. The number of rotatable bonds is 11. The topological polar surface area (TPSA) is 50.8 Å². The summed E-state index contributed by atoms with van der Waals surface area (Å²) in [6.45, 7) is 10.1. The molecule has 36 heavy (non-hydrogen) atoms. The van der Waals surface area contributed by atoms with Crippen LogP contribution in [0.15, 0.2) is 78.9 Å². The van der Waals surface area contributed by atoms with Crippen molar-refractivity contribution in [3.8, 4) is 22.6 Å². The first-order chi connectivity index (χ1) is 16.9. The lowest BCUT2D eigenvalue weighted by molar-refractivity contribution is -0.111. The maximum Gasteiger partial charge on any atom is 0.248 e. The molecule has 0 fully saturated rings. The van der Waals surface area contributed by atoms with Crippen molar-refractivity contribution in [2.45, 2.75) is 39.8 Å². The minimum atomic E-state index is -0.211. The van der Waals surface area contributed by atoms with E-state index >= 15 is 0 Å². The summed E-state index contributed by atoms with van der Waals surface area (Å²) in [5.74, 6) is 1.04. The molecule has 6 heteroatoms. The molecule has 0 saturated heterocycles. The highest BCUT2D eigenvalue weighted by atomic mass is 35.5. The number of ether oxygens (including phenoxy) is 2. The summed E-state index contributed by atoms with van der Waals surface area (Å²) < 4.78 is 11.5. The molecule has 0 aromatic heterocycles. The van der Waals surface area contributed by atoms with Gasteiger partial charge in [-0.1, -0.05) is 54.6 Å². The smallest absolute Gasteiger partial charge is 0.248 e. The number of carbonyl (C=O) groups is 1. The van der Waals surface area contributed by atoms with Gasteiger partial charge < -0.3 is 14.8 Å². The van der Waals surface area contributed by atoms with Crippen LogP contribution in [0.2, 0.25) is 0 Å². The summed E-state index contributed by atoms with van der Waals surface area (Å²) in [7, 11) is 1.60. The Balaban J connectivity index is 0.00000456. The van der Waals surface area contributed by atoms with Crippen LogP contribution in [0.25, 0.3) is 17.2 Å². The van der Waals surface area contributed by atoms with E-state index < -0.39 is 0 Å². The van der Waals surface area contributed by atoms with Crippen LogP contribution in [0.4, 0.5) is 5.69 Å². The molecule has 0 atom stereocenters. The molecule has 3 rings (SSSR count). The molecule has 0 saturated carbocycles. The molecule has 0 bridgehead atoms. The number of halogens is 1. The number of hydrogen-bond acceptors (Lipinski definition) is 4. The summed E-state index contributed by atoms with van der Waals surface area (Å²) >= 11 is 0. The van der Waals surface area contributed by atoms with Crippen molar-refractivity contribution in [1.82, 2.24) is 4.90 Å². The van der Waals surface area contributed by atoms with Gasteiger partial charge in [-0.05, 0) is 62.6 Å². The number of methoxy groups -OCH3 is 1. The van der Waals surface area contributed by atoms with Gasteiger partial charge in [0.05, 0.1) is 7.11 Å². The first-order valence-corrected chi connectivity index (χ1v) is 12.1. The Morgan fingerprint density at radius 2 is 1.53 bits per heavy atom. The van der Waals surface area contributed by atoms with Crippen molar-refractivity contribution in [3.05, 3.63) is 84.4 Å². The van der Waals surface area contributed by atoms with E-state index in [1.54, 1.807) is 19.3 Å². The van der Waals surface area contributed by atoms with E-state index in [2.05, 4.69) is 62.2 Å². The van der Waals surface area contributed by atoms with Crippen LogP contribution in [0.1, 0.15) is 33.3 Å². The highest BCUT2D eigenvalue weighted by molar-refractivity contribution is 6.02. The van der Waals surface area contributed by atoms with E-state index in [1.165, 1.54) is 11.6 Å². The second-order valence-corrected chi connectivity index (χ2v) is 8.95. The molecule has 0 spiro atoms. The standard InChI is InChI=1S/C30H36N2O3.ClH/c1-22(2)32(23(3)4)19-20-35-28-17-16-27(21-29(28)34-5)31-30(33)18-13-24-11-14-26(15-12-24)25-9-7-6-8-10-25;/h6-18,21-23H,19-20H2,1-5H3,(H,31,33);1H/b18-13+;. The highest BCUT2D eigenvalue weighted by Crippen LogP contribution is 2.30. The lowest BCUT2D eigenvalue weighted by Crippen LogP contribution is -2.39. The fourth-order valence-electron chi connectivity index (χ4n) is 4.01. The molecule has 5 nitrogen and oxygen atoms in total. The number of nitrogens with one attached hydrogen (secondary N) is 1. The molecular formula is C30H37ClN2O3. The number of hydrogen-bond donors (Lipinski definition) is 1. The molecule has 192 valence electrons. The van der Waals surface area contributed by atoms with Crippen molar-refractivity contribution in [3.63, 3.8) is 0 Å². The maximum absolute atomic E-state index is 12.5. The van der Waals surface area contributed by atoms with Crippen molar-refractivity contribution in [2.24, 2.45) is 0 Å². The average molecular weight is 509 g/mol. The Kier molecular flexibility index (Phi) is 11.5. The fourth-order valence-corrected chi connectivity index (χ4v) is 4.01. The van der Waals surface area contributed by atoms with Crippen molar-refractivity contribution < 1.29 is 14.3 Å². The molecule has 0 aliphatic heterocycles. The third kappa shape index (κ3) is 8.43. The van der Waals surface area contributed by atoms with Gasteiger partial charge in [0.1, 0.15) is 6.61 Å². The Bertz CT molecular complexity index is 1100. The van der Waals surface area contributed by atoms with Gasteiger partial charge in [-0.3, -0.25) is 9.69 Å². The summed E-state index contributed by atoms with van der Waals surface area (Å²) in [6.07, 6.45) is 3.33. The number of anilines is 1. The van der Waals surface area contributed by atoms with Crippen LogP contribution in [0.5, 0.6) is 11.5 Å². The zero-order chi connectivity index (χ0) is 25.2. The van der Waals surface area contributed by atoms with Gasteiger partial charge in [0.15, 0.2) is 11.5 Å². The van der Waals surface area contributed by atoms with Gasteiger partial charge in [0, 0.05) is 36.5 Å². The molecule has 1 amide bonds. The van der Waals surface area contributed by atoms with Gasteiger partial charge in [-0.25, -0.2) is 0 Å². The zero-order valence-corrected chi connectivity index (χ0v) is 22.5. The second kappa shape index (κ2) is 14.3. The third-order valence-electron chi connectivity index (χ3n) is 5.81. The molecular weight excluding hydrogens is 472 g/mol. The molecule has 0 aliphatic rings. The molecule has 1 N–H and O–H groups in total. The van der Waals surface area contributed by atoms with Gasteiger partial charge in [-0.2, -0.15) is 0 Å². The normalized spacial score (nSPS) is 11.1. The lowest BCUT2D eigenvalue weighted by atomic mass is 10.0. The van der Waals surface area contributed by atoms with Crippen LogP contribution >= 0.6 is 12.4 Å². The highest BCUT2D eigenvalue weighted by Gasteiger charge is 2.14. The maximum atomic E-state index is 12.5. The van der Waals surface area contributed by atoms with Gasteiger partial charge in [-0.15, -0.1) is 12.4 Å². The van der Waals surface area contributed by atoms with Crippen LogP contribution in [-0.4, -0.2) is 43.2 Å². The fraction of sp³-hybridized carbons (Fsp3) is 0.300. The SMILES string of the molecule is COc1cc(NC(=O)/C=C/c2ccc(-c3ccccc3)cc2)ccc1OCCN(C(C)C)C(C)C.Cl. The summed E-state index contributed by atoms with van der Waals surface area (Å²) in [4.78, 5) is 14.8. The predicted octanol–water partition coefficient (Wildman–Crippen LogP) is 6.93. The summed E-state index contributed by atoms with van der Waals surface area (Å²) in [5, 5.41) is 2.89. The van der Waals surface area contributed by atoms with Crippen molar-refractivity contribution >= 4 is 30.1 Å². The largest absolute Gasteiger partial charge is 0.493 e. The number of amides is 1. The molecule has 0 radical (unpaired) electrons. The monoisotopic (exact) mass is 508 g/mol. The average Bonchev–Trinajstić information content (AvgIpc) is 2.86. The van der Waals surface area contributed by atoms with Crippen LogP contribution in [0, 0.1) is 0 Å². The van der Waals surface area contributed by atoms with Crippen molar-refractivity contribution in [2.75, 3.05) is 25.6 Å². The first-order valence-electron chi connectivity index (χ1n) is 12.1. The molecule has 3 aromatic rings. The van der Waals surface area contributed by atoms with Crippen LogP contribution in [-0.2, 0) is 4.79 Å².